The number of anilines is 1. The Balaban J connectivity index is 1.83. The van der Waals surface area contributed by atoms with Crippen LogP contribution >= 0.6 is 11.6 Å². The third kappa shape index (κ3) is 6.00. The van der Waals surface area contributed by atoms with Crippen LogP contribution in [-0.4, -0.2) is 18.3 Å². The van der Waals surface area contributed by atoms with E-state index < -0.39 is 6.03 Å². The molecule has 2 rings (SSSR count). The van der Waals surface area contributed by atoms with Crippen LogP contribution in [0.3, 0.4) is 0 Å². The van der Waals surface area contributed by atoms with E-state index in [1.165, 1.54) is 0 Å². The number of urea groups is 1. The van der Waals surface area contributed by atoms with Gasteiger partial charge < -0.3 is 10.1 Å². The van der Waals surface area contributed by atoms with Gasteiger partial charge in [0, 0.05) is 10.7 Å². The Morgan fingerprint density at radius 2 is 1.78 bits per heavy atom. The highest BCUT2D eigenvalue weighted by Gasteiger charge is 2.00. The van der Waals surface area contributed by atoms with Crippen LogP contribution in [0.25, 0.3) is 0 Å². The smallest absolute Gasteiger partial charge is 0.339 e. The fourth-order valence-corrected chi connectivity index (χ4v) is 1.89. The number of nitrogens with one attached hydrogen (secondary N) is 2. The largest absolute Gasteiger partial charge is 0.491 e. The summed E-state index contributed by atoms with van der Waals surface area (Å²) in [6.45, 7) is 3.94. The van der Waals surface area contributed by atoms with Crippen molar-refractivity contribution in [3.05, 3.63) is 59.1 Å². The van der Waals surface area contributed by atoms with Crippen molar-refractivity contribution in [2.75, 3.05) is 5.32 Å². The van der Waals surface area contributed by atoms with Crippen molar-refractivity contribution in [2.45, 2.75) is 20.0 Å². The summed E-state index contributed by atoms with van der Waals surface area (Å²) in [5, 5.41) is 7.15. The van der Waals surface area contributed by atoms with Gasteiger partial charge in [0.25, 0.3) is 0 Å². The highest BCUT2D eigenvalue weighted by Crippen LogP contribution is 2.13. The van der Waals surface area contributed by atoms with Crippen LogP contribution in [-0.2, 0) is 0 Å². The van der Waals surface area contributed by atoms with E-state index in [1.807, 2.05) is 38.1 Å². The fourth-order valence-electron chi connectivity index (χ4n) is 1.76. The van der Waals surface area contributed by atoms with Gasteiger partial charge in [-0.15, -0.1) is 0 Å². The molecule has 0 aliphatic carbocycles. The van der Waals surface area contributed by atoms with Crippen LogP contribution in [0.5, 0.6) is 5.75 Å². The van der Waals surface area contributed by atoms with Gasteiger partial charge in [0.05, 0.1) is 12.3 Å². The summed E-state index contributed by atoms with van der Waals surface area (Å²) in [5.74, 6) is 0.797. The molecule has 2 amide bonds. The molecule has 2 aromatic carbocycles. The summed E-state index contributed by atoms with van der Waals surface area (Å²) in [4.78, 5) is 11.7. The van der Waals surface area contributed by atoms with Crippen LogP contribution in [0, 0.1) is 0 Å². The molecule has 0 unspecified atom stereocenters. The first kappa shape index (κ1) is 16.8. The number of benzene rings is 2. The number of carbonyl (C=O) groups is 1. The lowest BCUT2D eigenvalue weighted by atomic mass is 10.2. The molecule has 2 aromatic rings. The van der Waals surface area contributed by atoms with Crippen LogP contribution < -0.4 is 15.5 Å². The number of nitrogens with zero attached hydrogens (tertiary/aromatic N) is 1. The quantitative estimate of drug-likeness (QED) is 0.634. The molecule has 0 aromatic heterocycles. The molecule has 0 saturated heterocycles. The molecule has 0 radical (unpaired) electrons. The molecule has 0 atom stereocenters. The van der Waals surface area contributed by atoms with Gasteiger partial charge in [0.15, 0.2) is 0 Å². The Hall–Kier alpha value is -2.53. The summed E-state index contributed by atoms with van der Waals surface area (Å²) in [6.07, 6.45) is 1.69. The number of halogens is 1. The summed E-state index contributed by atoms with van der Waals surface area (Å²) < 4.78 is 5.55. The van der Waals surface area contributed by atoms with Crippen molar-refractivity contribution in [2.24, 2.45) is 5.10 Å². The Kier molecular flexibility index (Phi) is 6.00. The molecule has 6 heteroatoms. The van der Waals surface area contributed by atoms with Gasteiger partial charge in [-0.25, -0.2) is 10.2 Å². The van der Waals surface area contributed by atoms with E-state index >= 15 is 0 Å². The molecule has 0 aliphatic rings. The Bertz CT molecular complexity index is 667. The third-order valence-electron chi connectivity index (χ3n) is 2.73. The number of hydrogen-bond donors (Lipinski definition) is 2. The van der Waals surface area contributed by atoms with E-state index in [9.17, 15) is 4.79 Å². The van der Waals surface area contributed by atoms with Gasteiger partial charge in [-0.05, 0) is 67.9 Å². The number of carbonyl (C=O) groups excluding carboxylic acids is 1. The summed E-state index contributed by atoms with van der Waals surface area (Å²) in [5.41, 5.74) is 3.89. The maximum Gasteiger partial charge on any atom is 0.339 e. The molecule has 0 fully saturated rings. The van der Waals surface area contributed by atoms with Gasteiger partial charge in [0.2, 0.25) is 0 Å². The molecule has 0 heterocycles. The number of ether oxygens (including phenoxy) is 1. The molecule has 2 N–H and O–H groups in total. The minimum absolute atomic E-state index is 0.132. The van der Waals surface area contributed by atoms with Crippen LogP contribution in [0.2, 0.25) is 5.02 Å². The van der Waals surface area contributed by atoms with E-state index in [1.54, 1.807) is 30.5 Å². The maximum absolute atomic E-state index is 11.7. The molecular formula is C17H18ClN3O2. The van der Waals surface area contributed by atoms with Crippen molar-refractivity contribution in [3.63, 3.8) is 0 Å². The molecule has 0 spiro atoms. The standard InChI is InChI=1S/C17H18ClN3O2/c1-12(2)23-16-9-3-13(4-10-16)11-19-21-17(22)20-15-7-5-14(18)6-8-15/h3-12H,1-2H3,(H2,20,21,22)/b19-11-. The lowest BCUT2D eigenvalue weighted by Crippen LogP contribution is -2.24. The normalized spacial score (nSPS) is 10.8. The van der Waals surface area contributed by atoms with Crippen molar-refractivity contribution in [3.8, 4) is 5.75 Å². The predicted molar refractivity (Wildman–Crippen MR) is 93.4 cm³/mol. The third-order valence-corrected chi connectivity index (χ3v) is 2.99. The van der Waals surface area contributed by atoms with E-state index in [0.717, 1.165) is 11.3 Å². The van der Waals surface area contributed by atoms with Gasteiger partial charge in [-0.2, -0.15) is 5.10 Å². The Labute approximate surface area is 140 Å². The SMILES string of the molecule is CC(C)Oc1ccc(/C=N\NC(=O)Nc2ccc(Cl)cc2)cc1. The minimum Gasteiger partial charge on any atom is -0.491 e. The highest BCUT2D eigenvalue weighted by molar-refractivity contribution is 6.30. The fraction of sp³-hybridized carbons (Fsp3) is 0.176. The van der Waals surface area contributed by atoms with Crippen molar-refractivity contribution in [1.29, 1.82) is 0 Å². The molecule has 5 nitrogen and oxygen atoms in total. The van der Waals surface area contributed by atoms with Gasteiger partial charge in [-0.3, -0.25) is 0 Å². The average molecular weight is 332 g/mol. The number of amides is 2. The molecule has 0 aliphatic heterocycles. The van der Waals surface area contributed by atoms with Crippen molar-refractivity contribution < 1.29 is 9.53 Å². The predicted octanol–water partition coefficient (Wildman–Crippen LogP) is 4.28. The zero-order valence-corrected chi connectivity index (χ0v) is 13.7. The number of hydrogen-bond acceptors (Lipinski definition) is 3. The van der Waals surface area contributed by atoms with E-state index in [-0.39, 0.29) is 6.10 Å². The lowest BCUT2D eigenvalue weighted by Gasteiger charge is -2.09. The molecule has 0 bridgehead atoms. The van der Waals surface area contributed by atoms with E-state index in [2.05, 4.69) is 15.8 Å². The van der Waals surface area contributed by atoms with Crippen LogP contribution in [0.4, 0.5) is 10.5 Å². The van der Waals surface area contributed by atoms with E-state index in [0.29, 0.717) is 10.7 Å². The van der Waals surface area contributed by atoms with E-state index in [4.69, 9.17) is 16.3 Å². The highest BCUT2D eigenvalue weighted by atomic mass is 35.5. The molecule has 0 saturated carbocycles. The van der Waals surface area contributed by atoms with Gasteiger partial charge >= 0.3 is 6.03 Å². The lowest BCUT2D eigenvalue weighted by molar-refractivity contribution is 0.242. The second-order valence-electron chi connectivity index (χ2n) is 5.07. The minimum atomic E-state index is -0.427. The van der Waals surface area contributed by atoms with Crippen LogP contribution in [0.15, 0.2) is 53.6 Å². The van der Waals surface area contributed by atoms with Crippen molar-refractivity contribution in [1.82, 2.24) is 5.43 Å². The first-order chi connectivity index (χ1) is 11.0. The molecule has 23 heavy (non-hydrogen) atoms. The second kappa shape index (κ2) is 8.19. The van der Waals surface area contributed by atoms with Crippen LogP contribution in [0.1, 0.15) is 19.4 Å². The maximum atomic E-state index is 11.7. The Morgan fingerprint density at radius 3 is 2.39 bits per heavy atom. The van der Waals surface area contributed by atoms with Crippen molar-refractivity contribution >= 4 is 29.5 Å². The monoisotopic (exact) mass is 331 g/mol. The number of rotatable bonds is 5. The summed E-state index contributed by atoms with van der Waals surface area (Å²) in [7, 11) is 0. The first-order valence-electron chi connectivity index (χ1n) is 7.15. The summed E-state index contributed by atoms with van der Waals surface area (Å²) >= 11 is 5.78. The molecule has 120 valence electrons. The average Bonchev–Trinajstić information content (AvgIpc) is 2.51. The van der Waals surface area contributed by atoms with Gasteiger partial charge in [-0.1, -0.05) is 11.6 Å². The zero-order chi connectivity index (χ0) is 16.7. The second-order valence-corrected chi connectivity index (χ2v) is 5.50. The zero-order valence-electron chi connectivity index (χ0n) is 12.9. The first-order valence-corrected chi connectivity index (χ1v) is 7.53. The topological polar surface area (TPSA) is 62.7 Å². The van der Waals surface area contributed by atoms with Gasteiger partial charge in [0.1, 0.15) is 5.75 Å². The number of hydrazone groups is 1. The molecular weight excluding hydrogens is 314 g/mol. The summed E-state index contributed by atoms with van der Waals surface area (Å²) in [6, 6.07) is 13.8. The Morgan fingerprint density at radius 1 is 1.13 bits per heavy atom.